The van der Waals surface area contributed by atoms with Crippen LogP contribution in [-0.4, -0.2) is 25.1 Å². The van der Waals surface area contributed by atoms with Crippen molar-refractivity contribution in [2.45, 2.75) is 45.8 Å². The summed E-state index contributed by atoms with van der Waals surface area (Å²) in [7, 11) is 0. The Kier molecular flexibility index (Phi) is 6.05. The Hall–Kier alpha value is -1.55. The normalized spacial score (nSPS) is 19.2. The number of benzene rings is 1. The van der Waals surface area contributed by atoms with Crippen molar-refractivity contribution in [2.24, 2.45) is 5.92 Å². The van der Waals surface area contributed by atoms with Crippen LogP contribution in [0.25, 0.3) is 0 Å². The minimum absolute atomic E-state index is 0.00942. The SMILES string of the molecule is CC(C)CNCc1ccc(OC2CCCCNC2=O)cc1. The van der Waals surface area contributed by atoms with E-state index in [2.05, 4.69) is 36.6 Å². The van der Waals surface area contributed by atoms with Gasteiger partial charge in [0.2, 0.25) is 0 Å². The molecule has 21 heavy (non-hydrogen) atoms. The first-order valence-corrected chi connectivity index (χ1v) is 7.89. The van der Waals surface area contributed by atoms with Crippen LogP contribution in [0.4, 0.5) is 0 Å². The monoisotopic (exact) mass is 290 g/mol. The standard InChI is InChI=1S/C17H26N2O2/c1-13(2)11-18-12-14-6-8-15(9-7-14)21-16-5-3-4-10-19-17(16)20/h6-9,13,16,18H,3-5,10-12H2,1-2H3,(H,19,20). The largest absolute Gasteiger partial charge is 0.481 e. The minimum Gasteiger partial charge on any atom is -0.481 e. The molecule has 116 valence electrons. The maximum absolute atomic E-state index is 11.8. The fraction of sp³-hybridized carbons (Fsp3) is 0.588. The number of hydrogen-bond donors (Lipinski definition) is 2. The Morgan fingerprint density at radius 3 is 2.76 bits per heavy atom. The van der Waals surface area contributed by atoms with Gasteiger partial charge in [0.05, 0.1) is 0 Å². The molecule has 1 atom stereocenters. The highest BCUT2D eigenvalue weighted by atomic mass is 16.5. The van der Waals surface area contributed by atoms with E-state index in [0.717, 1.165) is 44.6 Å². The van der Waals surface area contributed by atoms with Crippen molar-refractivity contribution in [3.63, 3.8) is 0 Å². The zero-order valence-corrected chi connectivity index (χ0v) is 13.0. The third-order valence-electron chi connectivity index (χ3n) is 3.57. The number of hydrogen-bond acceptors (Lipinski definition) is 3. The van der Waals surface area contributed by atoms with E-state index in [9.17, 15) is 4.79 Å². The van der Waals surface area contributed by atoms with E-state index in [1.807, 2.05) is 12.1 Å². The van der Waals surface area contributed by atoms with Gasteiger partial charge >= 0.3 is 0 Å². The van der Waals surface area contributed by atoms with Crippen LogP contribution in [0.5, 0.6) is 5.75 Å². The van der Waals surface area contributed by atoms with Gasteiger partial charge in [-0.1, -0.05) is 26.0 Å². The van der Waals surface area contributed by atoms with E-state index < -0.39 is 0 Å². The van der Waals surface area contributed by atoms with Crippen LogP contribution in [0.15, 0.2) is 24.3 Å². The first-order chi connectivity index (χ1) is 10.1. The van der Waals surface area contributed by atoms with Crippen molar-refractivity contribution in [2.75, 3.05) is 13.1 Å². The second kappa shape index (κ2) is 8.03. The molecule has 1 heterocycles. The Morgan fingerprint density at radius 1 is 1.29 bits per heavy atom. The quantitative estimate of drug-likeness (QED) is 0.846. The smallest absolute Gasteiger partial charge is 0.261 e. The zero-order valence-electron chi connectivity index (χ0n) is 13.0. The molecule has 1 saturated heterocycles. The van der Waals surface area contributed by atoms with Crippen molar-refractivity contribution in [3.8, 4) is 5.75 Å². The summed E-state index contributed by atoms with van der Waals surface area (Å²) in [6, 6.07) is 8.00. The molecule has 1 unspecified atom stereocenters. The molecular weight excluding hydrogens is 264 g/mol. The van der Waals surface area contributed by atoms with Crippen LogP contribution in [0.1, 0.15) is 38.7 Å². The summed E-state index contributed by atoms with van der Waals surface area (Å²) in [5.41, 5.74) is 1.23. The summed E-state index contributed by atoms with van der Waals surface area (Å²) in [5.74, 6) is 1.43. The van der Waals surface area contributed by atoms with Crippen LogP contribution < -0.4 is 15.4 Å². The summed E-state index contributed by atoms with van der Waals surface area (Å²) in [5, 5.41) is 6.30. The molecule has 2 N–H and O–H groups in total. The average molecular weight is 290 g/mol. The third kappa shape index (κ3) is 5.38. The molecule has 4 heteroatoms. The molecule has 1 aromatic rings. The number of rotatable bonds is 6. The molecule has 2 rings (SSSR count). The van der Waals surface area contributed by atoms with Gasteiger partial charge in [-0.15, -0.1) is 0 Å². The Labute approximate surface area is 127 Å². The molecule has 0 aromatic heterocycles. The molecule has 0 saturated carbocycles. The van der Waals surface area contributed by atoms with E-state index in [1.165, 1.54) is 5.56 Å². The number of nitrogens with one attached hydrogen (secondary N) is 2. The molecule has 1 amide bonds. The number of carbonyl (C=O) groups excluding carboxylic acids is 1. The van der Waals surface area contributed by atoms with Crippen molar-refractivity contribution in [1.82, 2.24) is 10.6 Å². The summed E-state index contributed by atoms with van der Waals surface area (Å²) >= 11 is 0. The summed E-state index contributed by atoms with van der Waals surface area (Å²) in [4.78, 5) is 11.8. The lowest BCUT2D eigenvalue weighted by Crippen LogP contribution is -2.36. The highest BCUT2D eigenvalue weighted by Gasteiger charge is 2.22. The van der Waals surface area contributed by atoms with Crippen molar-refractivity contribution < 1.29 is 9.53 Å². The van der Waals surface area contributed by atoms with Crippen LogP contribution in [-0.2, 0) is 11.3 Å². The van der Waals surface area contributed by atoms with Gasteiger partial charge in [0.1, 0.15) is 5.75 Å². The lowest BCUT2D eigenvalue weighted by atomic mass is 10.1. The van der Waals surface area contributed by atoms with Crippen molar-refractivity contribution >= 4 is 5.91 Å². The van der Waals surface area contributed by atoms with Crippen molar-refractivity contribution in [1.29, 1.82) is 0 Å². The summed E-state index contributed by atoms with van der Waals surface area (Å²) in [6.45, 7) is 7.03. The van der Waals surface area contributed by atoms with E-state index in [1.54, 1.807) is 0 Å². The predicted molar refractivity (Wildman–Crippen MR) is 84.3 cm³/mol. The van der Waals surface area contributed by atoms with E-state index >= 15 is 0 Å². The Balaban J connectivity index is 1.85. The molecule has 1 fully saturated rings. The van der Waals surface area contributed by atoms with E-state index in [0.29, 0.717) is 5.92 Å². The lowest BCUT2D eigenvalue weighted by molar-refractivity contribution is -0.127. The third-order valence-corrected chi connectivity index (χ3v) is 3.57. The number of ether oxygens (including phenoxy) is 1. The maximum atomic E-state index is 11.8. The van der Waals surface area contributed by atoms with Crippen LogP contribution in [0.3, 0.4) is 0 Å². The lowest BCUT2D eigenvalue weighted by Gasteiger charge is -2.16. The Morgan fingerprint density at radius 2 is 2.05 bits per heavy atom. The maximum Gasteiger partial charge on any atom is 0.261 e. The van der Waals surface area contributed by atoms with Crippen LogP contribution in [0, 0.1) is 5.92 Å². The highest BCUT2D eigenvalue weighted by Crippen LogP contribution is 2.17. The van der Waals surface area contributed by atoms with Crippen LogP contribution in [0.2, 0.25) is 0 Å². The molecule has 4 nitrogen and oxygen atoms in total. The molecule has 0 spiro atoms. The van der Waals surface area contributed by atoms with Gasteiger partial charge in [0.15, 0.2) is 6.10 Å². The van der Waals surface area contributed by atoms with Gasteiger partial charge in [0, 0.05) is 13.1 Å². The van der Waals surface area contributed by atoms with Crippen LogP contribution >= 0.6 is 0 Å². The van der Waals surface area contributed by atoms with Gasteiger partial charge in [-0.25, -0.2) is 0 Å². The molecule has 0 bridgehead atoms. The molecular formula is C17H26N2O2. The molecule has 1 aliphatic heterocycles. The first-order valence-electron chi connectivity index (χ1n) is 7.89. The highest BCUT2D eigenvalue weighted by molar-refractivity contribution is 5.81. The van der Waals surface area contributed by atoms with E-state index in [-0.39, 0.29) is 12.0 Å². The van der Waals surface area contributed by atoms with Gasteiger partial charge < -0.3 is 15.4 Å². The minimum atomic E-state index is -0.350. The fourth-order valence-electron chi connectivity index (χ4n) is 2.38. The molecule has 0 aliphatic carbocycles. The average Bonchev–Trinajstić information content (AvgIpc) is 2.66. The second-order valence-corrected chi connectivity index (χ2v) is 6.06. The molecule has 1 aromatic carbocycles. The van der Waals surface area contributed by atoms with E-state index in [4.69, 9.17) is 4.74 Å². The molecule has 1 aliphatic rings. The Bertz CT molecular complexity index is 443. The first kappa shape index (κ1) is 15.8. The van der Waals surface area contributed by atoms with Gasteiger partial charge in [-0.2, -0.15) is 0 Å². The van der Waals surface area contributed by atoms with Crippen molar-refractivity contribution in [3.05, 3.63) is 29.8 Å². The fourth-order valence-corrected chi connectivity index (χ4v) is 2.38. The number of carbonyl (C=O) groups is 1. The summed E-state index contributed by atoms with van der Waals surface area (Å²) < 4.78 is 5.81. The van der Waals surface area contributed by atoms with Gasteiger partial charge in [-0.3, -0.25) is 4.79 Å². The topological polar surface area (TPSA) is 50.4 Å². The number of amides is 1. The predicted octanol–water partition coefficient (Wildman–Crippen LogP) is 2.48. The van der Waals surface area contributed by atoms with Gasteiger partial charge in [-0.05, 0) is 49.4 Å². The van der Waals surface area contributed by atoms with Gasteiger partial charge in [0.25, 0.3) is 5.91 Å². The molecule has 0 radical (unpaired) electrons. The second-order valence-electron chi connectivity index (χ2n) is 6.06. The zero-order chi connectivity index (χ0) is 15.1. The summed E-state index contributed by atoms with van der Waals surface area (Å²) in [6.07, 6.45) is 2.51.